The average Bonchev–Trinajstić information content (AvgIpc) is 2.60. The van der Waals surface area contributed by atoms with E-state index >= 15 is 0 Å². The summed E-state index contributed by atoms with van der Waals surface area (Å²) in [5.74, 6) is 0.434. The predicted molar refractivity (Wildman–Crippen MR) is 100 cm³/mol. The Hall–Kier alpha value is -2.56. The highest BCUT2D eigenvalue weighted by Gasteiger charge is 2.03. The molecule has 24 heavy (non-hydrogen) atoms. The number of hydrogen-bond donors (Lipinski definition) is 2. The van der Waals surface area contributed by atoms with Gasteiger partial charge in [-0.2, -0.15) is 0 Å². The van der Waals surface area contributed by atoms with Gasteiger partial charge < -0.3 is 15.2 Å². The number of ether oxygens (including phenoxy) is 1. The first kappa shape index (κ1) is 21.4. The number of carboxylic acid groups (broad SMARTS) is 1. The fourth-order valence-corrected chi connectivity index (χ4v) is 1.59. The maximum atomic E-state index is 10.6. The molecule has 0 aliphatic carbocycles. The number of hydrogen-bond acceptors (Lipinski definition) is 3. The standard InChI is InChI=1S/C12H16N2O3.C7H12/c1-3-14-11(13-2)8-17-10-6-4-9(5-7-10)12(15)16;1-3-5-7-6-4-2/h4-7H,3,8H2,1-2H3,(H,13,14)(H,15,16);3-6H,7H2,1-2H3/b;5-3-,6-4-. The lowest BCUT2D eigenvalue weighted by Crippen LogP contribution is -2.28. The van der Waals surface area contributed by atoms with Gasteiger partial charge in [0.1, 0.15) is 18.2 Å². The molecule has 2 N–H and O–H groups in total. The zero-order valence-electron chi connectivity index (χ0n) is 15.0. The molecule has 0 saturated carbocycles. The van der Waals surface area contributed by atoms with Crippen molar-refractivity contribution in [1.29, 1.82) is 0 Å². The Balaban J connectivity index is 0.000000640. The minimum Gasteiger partial charge on any atom is -0.486 e. The van der Waals surface area contributed by atoms with Crippen LogP contribution < -0.4 is 10.1 Å². The molecule has 0 saturated heterocycles. The van der Waals surface area contributed by atoms with Crippen LogP contribution in [0.25, 0.3) is 0 Å². The van der Waals surface area contributed by atoms with Crippen molar-refractivity contribution in [2.45, 2.75) is 27.2 Å². The monoisotopic (exact) mass is 332 g/mol. The molecule has 0 aliphatic rings. The maximum Gasteiger partial charge on any atom is 0.335 e. The summed E-state index contributed by atoms with van der Waals surface area (Å²) in [6, 6.07) is 6.27. The minimum absolute atomic E-state index is 0.244. The number of carboxylic acids is 1. The molecule has 5 heteroatoms. The molecule has 0 fully saturated rings. The van der Waals surface area contributed by atoms with E-state index in [-0.39, 0.29) is 5.56 Å². The van der Waals surface area contributed by atoms with Crippen LogP contribution in [-0.2, 0) is 0 Å². The first-order valence-corrected chi connectivity index (χ1v) is 7.96. The number of aliphatic imine (C=N–C) groups is 1. The molecule has 132 valence electrons. The highest BCUT2D eigenvalue weighted by atomic mass is 16.5. The van der Waals surface area contributed by atoms with Gasteiger partial charge in [-0.15, -0.1) is 0 Å². The van der Waals surface area contributed by atoms with Crippen LogP contribution in [0.1, 0.15) is 37.6 Å². The molecule has 1 rings (SSSR count). The van der Waals surface area contributed by atoms with Gasteiger partial charge in [-0.05, 0) is 51.5 Å². The van der Waals surface area contributed by atoms with Gasteiger partial charge in [0.2, 0.25) is 0 Å². The van der Waals surface area contributed by atoms with Crippen molar-refractivity contribution in [1.82, 2.24) is 5.32 Å². The Morgan fingerprint density at radius 3 is 2.21 bits per heavy atom. The van der Waals surface area contributed by atoms with Gasteiger partial charge in [0.05, 0.1) is 5.56 Å². The van der Waals surface area contributed by atoms with E-state index < -0.39 is 5.97 Å². The van der Waals surface area contributed by atoms with Crippen LogP contribution in [-0.4, -0.2) is 37.1 Å². The van der Waals surface area contributed by atoms with Gasteiger partial charge in [0, 0.05) is 13.6 Å². The molecule has 0 radical (unpaired) electrons. The number of nitrogens with zero attached hydrogens (tertiary/aromatic N) is 1. The number of rotatable bonds is 7. The quantitative estimate of drug-likeness (QED) is 0.451. The van der Waals surface area contributed by atoms with Gasteiger partial charge in [-0.1, -0.05) is 24.3 Å². The van der Waals surface area contributed by atoms with Crippen molar-refractivity contribution < 1.29 is 14.6 Å². The van der Waals surface area contributed by atoms with E-state index in [1.807, 2.05) is 20.8 Å². The predicted octanol–water partition coefficient (Wildman–Crippen LogP) is 3.93. The van der Waals surface area contributed by atoms with Crippen LogP contribution >= 0.6 is 0 Å². The second kappa shape index (κ2) is 14.1. The fourth-order valence-electron chi connectivity index (χ4n) is 1.59. The van der Waals surface area contributed by atoms with Gasteiger partial charge in [-0.3, -0.25) is 4.99 Å². The topological polar surface area (TPSA) is 70.9 Å². The number of amidine groups is 1. The van der Waals surface area contributed by atoms with Crippen molar-refractivity contribution in [3.05, 3.63) is 54.1 Å². The molecule has 0 aromatic heterocycles. The summed E-state index contributed by atoms with van der Waals surface area (Å²) >= 11 is 0. The molecule has 1 aromatic carbocycles. The van der Waals surface area contributed by atoms with Crippen molar-refractivity contribution in [2.75, 3.05) is 20.2 Å². The molecule has 0 heterocycles. The molecule has 0 atom stereocenters. The molecule has 0 bridgehead atoms. The second-order valence-corrected chi connectivity index (χ2v) is 4.69. The molecular weight excluding hydrogens is 304 g/mol. The lowest BCUT2D eigenvalue weighted by atomic mass is 10.2. The second-order valence-electron chi connectivity index (χ2n) is 4.69. The van der Waals surface area contributed by atoms with E-state index in [2.05, 4.69) is 34.6 Å². The van der Waals surface area contributed by atoms with Gasteiger partial charge in [0.25, 0.3) is 0 Å². The summed E-state index contributed by atoms with van der Waals surface area (Å²) in [6.07, 6.45) is 9.44. The lowest BCUT2D eigenvalue weighted by molar-refractivity contribution is 0.0697. The van der Waals surface area contributed by atoms with Crippen molar-refractivity contribution in [2.24, 2.45) is 4.99 Å². The first-order valence-electron chi connectivity index (χ1n) is 7.96. The Kier molecular flexibility index (Phi) is 12.6. The molecule has 0 unspecified atom stereocenters. The van der Waals surface area contributed by atoms with E-state index in [0.717, 1.165) is 18.8 Å². The highest BCUT2D eigenvalue weighted by molar-refractivity contribution is 5.87. The Morgan fingerprint density at radius 2 is 1.79 bits per heavy atom. The summed E-state index contributed by atoms with van der Waals surface area (Å²) in [5.41, 5.74) is 0.244. The average molecular weight is 332 g/mol. The van der Waals surface area contributed by atoms with E-state index in [4.69, 9.17) is 9.84 Å². The van der Waals surface area contributed by atoms with Crippen molar-refractivity contribution in [3.8, 4) is 5.75 Å². The number of benzene rings is 1. The van der Waals surface area contributed by atoms with E-state index in [1.165, 1.54) is 12.1 Å². The lowest BCUT2D eigenvalue weighted by Gasteiger charge is -2.09. The van der Waals surface area contributed by atoms with E-state index in [1.54, 1.807) is 19.2 Å². The SMILES string of the molecule is C/C=C\C/C=C\C.CCNC(COc1ccc(C(=O)O)cc1)=NC. The number of nitrogens with one attached hydrogen (secondary N) is 1. The Bertz CT molecular complexity index is 536. The molecular formula is C19H28N2O3. The molecule has 0 aliphatic heterocycles. The summed E-state index contributed by atoms with van der Waals surface area (Å²) in [5, 5.41) is 11.8. The van der Waals surface area contributed by atoms with Crippen LogP contribution in [0, 0.1) is 0 Å². The van der Waals surface area contributed by atoms with Crippen LogP contribution in [0.3, 0.4) is 0 Å². The van der Waals surface area contributed by atoms with Crippen LogP contribution in [0.2, 0.25) is 0 Å². The van der Waals surface area contributed by atoms with Crippen LogP contribution in [0.5, 0.6) is 5.75 Å². The third-order valence-corrected chi connectivity index (χ3v) is 2.87. The molecule has 0 spiro atoms. The maximum absolute atomic E-state index is 10.6. The zero-order valence-corrected chi connectivity index (χ0v) is 15.0. The van der Waals surface area contributed by atoms with E-state index in [0.29, 0.717) is 12.4 Å². The third-order valence-electron chi connectivity index (χ3n) is 2.87. The van der Waals surface area contributed by atoms with Crippen LogP contribution in [0.15, 0.2) is 53.6 Å². The number of likely N-dealkylation sites (N-methyl/N-ethyl adjacent to an activating group) is 1. The summed E-state index contributed by atoms with van der Waals surface area (Å²) in [6.45, 7) is 7.17. The first-order chi connectivity index (χ1) is 11.6. The van der Waals surface area contributed by atoms with Crippen molar-refractivity contribution >= 4 is 11.8 Å². The van der Waals surface area contributed by atoms with Gasteiger partial charge >= 0.3 is 5.97 Å². The number of allylic oxidation sites excluding steroid dienone is 4. The molecule has 1 aromatic rings. The third kappa shape index (κ3) is 10.2. The Morgan fingerprint density at radius 1 is 1.21 bits per heavy atom. The van der Waals surface area contributed by atoms with Gasteiger partial charge in [0.15, 0.2) is 0 Å². The normalized spacial score (nSPS) is 11.2. The molecule has 5 nitrogen and oxygen atoms in total. The van der Waals surface area contributed by atoms with Crippen molar-refractivity contribution in [3.63, 3.8) is 0 Å². The summed E-state index contributed by atoms with van der Waals surface area (Å²) in [4.78, 5) is 14.7. The zero-order chi connectivity index (χ0) is 18.2. The van der Waals surface area contributed by atoms with E-state index in [9.17, 15) is 4.79 Å². The van der Waals surface area contributed by atoms with Gasteiger partial charge in [-0.25, -0.2) is 4.79 Å². The largest absolute Gasteiger partial charge is 0.486 e. The summed E-state index contributed by atoms with van der Waals surface area (Å²) < 4.78 is 5.46. The molecule has 0 amide bonds. The fraction of sp³-hybridized carbons (Fsp3) is 0.368. The Labute approximate surface area is 144 Å². The smallest absolute Gasteiger partial charge is 0.335 e. The number of carbonyl (C=O) groups is 1. The number of aromatic carboxylic acids is 1. The van der Waals surface area contributed by atoms with Crippen LogP contribution in [0.4, 0.5) is 0 Å². The highest BCUT2D eigenvalue weighted by Crippen LogP contribution is 2.11. The summed E-state index contributed by atoms with van der Waals surface area (Å²) in [7, 11) is 1.69. The minimum atomic E-state index is -0.944.